The number of hydrogen-bond donors (Lipinski definition) is 2. The molecule has 1 aromatic carbocycles. The standard InChI is InChI=1S/C15H23NO3/c1-10(2)16-13(15(17)18)8-9-19-14-7-5-6-11(3)12(14)4/h5-7,10,13,16H,8-9H2,1-4H3,(H,17,18). The highest BCUT2D eigenvalue weighted by Crippen LogP contribution is 2.20. The fraction of sp³-hybridized carbons (Fsp3) is 0.533. The van der Waals surface area contributed by atoms with Crippen molar-refractivity contribution in [1.29, 1.82) is 0 Å². The summed E-state index contributed by atoms with van der Waals surface area (Å²) in [6.45, 7) is 8.29. The summed E-state index contributed by atoms with van der Waals surface area (Å²) in [7, 11) is 0. The fourth-order valence-corrected chi connectivity index (χ4v) is 1.85. The van der Waals surface area contributed by atoms with Crippen LogP contribution in [-0.2, 0) is 4.79 Å². The molecule has 4 nitrogen and oxygen atoms in total. The molecule has 0 amide bonds. The molecule has 0 radical (unpaired) electrons. The molecule has 0 spiro atoms. The lowest BCUT2D eigenvalue weighted by molar-refractivity contribution is -0.140. The average molecular weight is 265 g/mol. The van der Waals surface area contributed by atoms with Gasteiger partial charge in [-0.1, -0.05) is 26.0 Å². The van der Waals surface area contributed by atoms with E-state index in [1.54, 1.807) is 0 Å². The maximum Gasteiger partial charge on any atom is 0.320 e. The van der Waals surface area contributed by atoms with E-state index in [-0.39, 0.29) is 6.04 Å². The van der Waals surface area contributed by atoms with Crippen LogP contribution in [0.15, 0.2) is 18.2 Å². The lowest BCUT2D eigenvalue weighted by Gasteiger charge is -2.18. The molecule has 0 aromatic heterocycles. The van der Waals surface area contributed by atoms with Gasteiger partial charge in [-0.2, -0.15) is 0 Å². The van der Waals surface area contributed by atoms with Gasteiger partial charge in [0, 0.05) is 12.5 Å². The van der Waals surface area contributed by atoms with Crippen molar-refractivity contribution in [3.05, 3.63) is 29.3 Å². The van der Waals surface area contributed by atoms with Gasteiger partial charge in [-0.3, -0.25) is 4.79 Å². The summed E-state index contributed by atoms with van der Waals surface area (Å²) in [5.74, 6) is -0.00745. The Labute approximate surface area is 114 Å². The van der Waals surface area contributed by atoms with Crippen LogP contribution in [0.3, 0.4) is 0 Å². The zero-order valence-electron chi connectivity index (χ0n) is 12.1. The van der Waals surface area contributed by atoms with Gasteiger partial charge in [0.1, 0.15) is 11.8 Å². The highest BCUT2D eigenvalue weighted by Gasteiger charge is 2.17. The Morgan fingerprint density at radius 3 is 2.63 bits per heavy atom. The zero-order chi connectivity index (χ0) is 14.4. The number of hydrogen-bond acceptors (Lipinski definition) is 3. The molecule has 1 rings (SSSR count). The normalized spacial score (nSPS) is 12.5. The molecule has 1 atom stereocenters. The van der Waals surface area contributed by atoms with Crippen molar-refractivity contribution in [3.63, 3.8) is 0 Å². The minimum absolute atomic E-state index is 0.141. The molecule has 0 aliphatic heterocycles. The van der Waals surface area contributed by atoms with Crippen LogP contribution in [0.5, 0.6) is 5.75 Å². The number of carboxylic acids is 1. The number of nitrogens with one attached hydrogen (secondary N) is 1. The summed E-state index contributed by atoms with van der Waals surface area (Å²) in [5.41, 5.74) is 2.28. The fourth-order valence-electron chi connectivity index (χ4n) is 1.85. The van der Waals surface area contributed by atoms with Gasteiger partial charge in [0.15, 0.2) is 0 Å². The second-order valence-corrected chi connectivity index (χ2v) is 5.05. The third-order valence-corrected chi connectivity index (χ3v) is 3.05. The molecule has 0 heterocycles. The number of aryl methyl sites for hydroxylation is 1. The van der Waals surface area contributed by atoms with E-state index in [0.717, 1.165) is 11.3 Å². The van der Waals surface area contributed by atoms with Crippen molar-refractivity contribution in [1.82, 2.24) is 5.32 Å². The molecule has 0 saturated heterocycles. The van der Waals surface area contributed by atoms with Crippen LogP contribution in [0.4, 0.5) is 0 Å². The average Bonchev–Trinajstić information content (AvgIpc) is 2.32. The molecule has 106 valence electrons. The molecular weight excluding hydrogens is 242 g/mol. The summed E-state index contributed by atoms with van der Waals surface area (Å²) in [4.78, 5) is 11.1. The van der Waals surface area contributed by atoms with E-state index in [2.05, 4.69) is 5.32 Å². The zero-order valence-corrected chi connectivity index (χ0v) is 12.1. The molecular formula is C15H23NO3. The van der Waals surface area contributed by atoms with Gasteiger partial charge in [-0.25, -0.2) is 0 Å². The van der Waals surface area contributed by atoms with Crippen LogP contribution >= 0.6 is 0 Å². The highest BCUT2D eigenvalue weighted by atomic mass is 16.5. The van der Waals surface area contributed by atoms with Gasteiger partial charge in [0.05, 0.1) is 6.61 Å². The molecule has 0 aliphatic carbocycles. The number of benzene rings is 1. The first-order valence-corrected chi connectivity index (χ1v) is 6.59. The highest BCUT2D eigenvalue weighted by molar-refractivity contribution is 5.73. The maximum absolute atomic E-state index is 11.1. The van der Waals surface area contributed by atoms with Crippen molar-refractivity contribution in [2.75, 3.05) is 6.61 Å². The van der Waals surface area contributed by atoms with Crippen LogP contribution in [0.25, 0.3) is 0 Å². The van der Waals surface area contributed by atoms with Crippen LogP contribution in [0, 0.1) is 13.8 Å². The molecule has 2 N–H and O–H groups in total. The quantitative estimate of drug-likeness (QED) is 0.795. The van der Waals surface area contributed by atoms with E-state index >= 15 is 0 Å². The first-order valence-electron chi connectivity index (χ1n) is 6.59. The number of carbonyl (C=O) groups is 1. The topological polar surface area (TPSA) is 58.6 Å². The van der Waals surface area contributed by atoms with Crippen LogP contribution in [-0.4, -0.2) is 29.8 Å². The van der Waals surface area contributed by atoms with Crippen LogP contribution < -0.4 is 10.1 Å². The van der Waals surface area contributed by atoms with Gasteiger partial charge in [-0.05, 0) is 31.0 Å². The summed E-state index contributed by atoms with van der Waals surface area (Å²) in [6.07, 6.45) is 0.445. The summed E-state index contributed by atoms with van der Waals surface area (Å²) < 4.78 is 5.68. The number of ether oxygens (including phenoxy) is 1. The van der Waals surface area contributed by atoms with Crippen LogP contribution in [0.1, 0.15) is 31.4 Å². The Morgan fingerprint density at radius 2 is 2.05 bits per heavy atom. The van der Waals surface area contributed by atoms with Crippen LogP contribution in [0.2, 0.25) is 0 Å². The van der Waals surface area contributed by atoms with E-state index in [1.807, 2.05) is 45.9 Å². The van der Waals surface area contributed by atoms with E-state index in [4.69, 9.17) is 9.84 Å². The first-order chi connectivity index (χ1) is 8.91. The second kappa shape index (κ2) is 7.14. The minimum atomic E-state index is -0.835. The van der Waals surface area contributed by atoms with Crippen molar-refractivity contribution in [3.8, 4) is 5.75 Å². The summed E-state index contributed by atoms with van der Waals surface area (Å²) >= 11 is 0. The monoisotopic (exact) mass is 265 g/mol. The number of carboxylic acid groups (broad SMARTS) is 1. The Bertz CT molecular complexity index is 429. The Morgan fingerprint density at radius 1 is 1.37 bits per heavy atom. The Kier molecular flexibility index (Phi) is 5.83. The number of aliphatic carboxylic acids is 1. The van der Waals surface area contributed by atoms with Gasteiger partial charge in [0.2, 0.25) is 0 Å². The Hall–Kier alpha value is -1.55. The minimum Gasteiger partial charge on any atom is -0.493 e. The van der Waals surface area contributed by atoms with E-state index in [0.29, 0.717) is 13.0 Å². The summed E-state index contributed by atoms with van der Waals surface area (Å²) in [5, 5.41) is 12.1. The first kappa shape index (κ1) is 15.5. The van der Waals surface area contributed by atoms with Gasteiger partial charge in [-0.15, -0.1) is 0 Å². The molecule has 0 aliphatic rings. The van der Waals surface area contributed by atoms with Crippen molar-refractivity contribution in [2.45, 2.75) is 46.2 Å². The van der Waals surface area contributed by atoms with E-state index in [1.165, 1.54) is 5.56 Å². The Balaban J connectivity index is 2.52. The van der Waals surface area contributed by atoms with Gasteiger partial charge >= 0.3 is 5.97 Å². The lowest BCUT2D eigenvalue weighted by atomic mass is 10.1. The second-order valence-electron chi connectivity index (χ2n) is 5.05. The smallest absolute Gasteiger partial charge is 0.320 e. The van der Waals surface area contributed by atoms with Crippen molar-refractivity contribution in [2.24, 2.45) is 0 Å². The van der Waals surface area contributed by atoms with Crippen molar-refractivity contribution >= 4 is 5.97 Å². The molecule has 4 heteroatoms. The predicted molar refractivity (Wildman–Crippen MR) is 75.7 cm³/mol. The SMILES string of the molecule is Cc1cccc(OCCC(NC(C)C)C(=O)O)c1C. The van der Waals surface area contributed by atoms with Gasteiger partial charge < -0.3 is 15.2 Å². The molecule has 0 bridgehead atoms. The van der Waals surface area contributed by atoms with Crippen molar-refractivity contribution < 1.29 is 14.6 Å². The lowest BCUT2D eigenvalue weighted by Crippen LogP contribution is -2.41. The molecule has 0 fully saturated rings. The number of rotatable bonds is 7. The predicted octanol–water partition coefficient (Wildman–Crippen LogP) is 2.52. The molecule has 1 unspecified atom stereocenters. The molecule has 1 aromatic rings. The molecule has 0 saturated carbocycles. The van der Waals surface area contributed by atoms with E-state index in [9.17, 15) is 4.79 Å². The maximum atomic E-state index is 11.1. The third-order valence-electron chi connectivity index (χ3n) is 3.05. The summed E-state index contributed by atoms with van der Waals surface area (Å²) in [6, 6.07) is 5.46. The molecule has 19 heavy (non-hydrogen) atoms. The third kappa shape index (κ3) is 4.91. The largest absolute Gasteiger partial charge is 0.493 e. The van der Waals surface area contributed by atoms with E-state index < -0.39 is 12.0 Å². The van der Waals surface area contributed by atoms with Gasteiger partial charge in [0.25, 0.3) is 0 Å².